The van der Waals surface area contributed by atoms with Crippen molar-refractivity contribution in [2.45, 2.75) is 39.7 Å². The van der Waals surface area contributed by atoms with E-state index in [1.165, 1.54) is 15.6 Å². The van der Waals surface area contributed by atoms with E-state index >= 15 is 0 Å². The van der Waals surface area contributed by atoms with Crippen LogP contribution in [-0.4, -0.2) is 11.2 Å². The summed E-state index contributed by atoms with van der Waals surface area (Å²) >= 11 is 1.76. The first kappa shape index (κ1) is 12.6. The Morgan fingerprint density at radius 1 is 1.24 bits per heavy atom. The van der Waals surface area contributed by atoms with Gasteiger partial charge in [-0.1, -0.05) is 39.0 Å². The molecule has 17 heavy (non-hydrogen) atoms. The van der Waals surface area contributed by atoms with Gasteiger partial charge in [0, 0.05) is 4.70 Å². The zero-order chi connectivity index (χ0) is 12.5. The smallest absolute Gasteiger partial charge is 0.0586 e. The highest BCUT2D eigenvalue weighted by Gasteiger charge is 2.18. The summed E-state index contributed by atoms with van der Waals surface area (Å²) < 4.78 is 1.31. The second-order valence-electron chi connectivity index (χ2n) is 5.88. The first-order chi connectivity index (χ1) is 7.96. The molecule has 0 radical (unpaired) electrons. The average molecular weight is 248 g/mol. The van der Waals surface area contributed by atoms with Crippen LogP contribution in [0.15, 0.2) is 29.6 Å². The highest BCUT2D eigenvalue weighted by molar-refractivity contribution is 7.17. The van der Waals surface area contributed by atoms with Crippen LogP contribution in [0.3, 0.4) is 0 Å². The van der Waals surface area contributed by atoms with Crippen molar-refractivity contribution < 1.29 is 5.11 Å². The average Bonchev–Trinajstić information content (AvgIpc) is 2.59. The molecule has 1 heterocycles. The molecule has 0 bridgehead atoms. The summed E-state index contributed by atoms with van der Waals surface area (Å²) in [6, 6.07) is 8.41. The Hall–Kier alpha value is -0.860. The number of hydrogen-bond acceptors (Lipinski definition) is 2. The molecular weight excluding hydrogens is 228 g/mol. The molecule has 0 spiro atoms. The molecular formula is C15H20OS. The predicted octanol–water partition coefficient (Wildman–Crippen LogP) is 4.24. The van der Waals surface area contributed by atoms with E-state index in [0.717, 1.165) is 12.8 Å². The second-order valence-corrected chi connectivity index (χ2v) is 6.79. The molecule has 2 rings (SSSR count). The van der Waals surface area contributed by atoms with Crippen LogP contribution in [0, 0.1) is 5.41 Å². The van der Waals surface area contributed by atoms with E-state index < -0.39 is 0 Å². The Kier molecular flexibility index (Phi) is 3.55. The Labute approximate surface area is 107 Å². The molecule has 1 unspecified atom stereocenters. The summed E-state index contributed by atoms with van der Waals surface area (Å²) in [5, 5.41) is 13.6. The molecule has 92 valence electrons. The van der Waals surface area contributed by atoms with Gasteiger partial charge in [-0.3, -0.25) is 0 Å². The molecule has 1 atom stereocenters. The lowest BCUT2D eigenvalue weighted by atomic mass is 9.87. The Balaban J connectivity index is 2.13. The quantitative estimate of drug-likeness (QED) is 0.861. The predicted molar refractivity (Wildman–Crippen MR) is 75.6 cm³/mol. The molecule has 1 N–H and O–H groups in total. The van der Waals surface area contributed by atoms with Gasteiger partial charge in [0.05, 0.1) is 6.10 Å². The van der Waals surface area contributed by atoms with Gasteiger partial charge in [0.25, 0.3) is 0 Å². The van der Waals surface area contributed by atoms with Gasteiger partial charge in [0.15, 0.2) is 0 Å². The van der Waals surface area contributed by atoms with Crippen molar-refractivity contribution in [3.63, 3.8) is 0 Å². The van der Waals surface area contributed by atoms with E-state index in [9.17, 15) is 5.11 Å². The zero-order valence-electron chi connectivity index (χ0n) is 10.7. The van der Waals surface area contributed by atoms with Crippen LogP contribution < -0.4 is 0 Å². The van der Waals surface area contributed by atoms with E-state index in [-0.39, 0.29) is 11.5 Å². The molecule has 2 aromatic rings. The fourth-order valence-electron chi connectivity index (χ4n) is 2.22. The molecule has 1 nitrogen and oxygen atoms in total. The molecule has 0 fully saturated rings. The number of aliphatic hydroxyl groups is 1. The van der Waals surface area contributed by atoms with Crippen LogP contribution in [-0.2, 0) is 6.42 Å². The summed E-state index contributed by atoms with van der Waals surface area (Å²) in [5.41, 5.74) is 1.47. The molecule has 0 amide bonds. The summed E-state index contributed by atoms with van der Waals surface area (Å²) in [4.78, 5) is 0. The van der Waals surface area contributed by atoms with Crippen LogP contribution in [0.5, 0.6) is 0 Å². The van der Waals surface area contributed by atoms with Crippen LogP contribution in [0.1, 0.15) is 32.8 Å². The lowest BCUT2D eigenvalue weighted by Gasteiger charge is -2.22. The maximum absolute atomic E-state index is 10.1. The third kappa shape index (κ3) is 3.30. The minimum Gasteiger partial charge on any atom is -0.393 e. The minimum absolute atomic E-state index is 0.186. The Morgan fingerprint density at radius 2 is 1.94 bits per heavy atom. The van der Waals surface area contributed by atoms with Crippen molar-refractivity contribution in [3.8, 4) is 0 Å². The van der Waals surface area contributed by atoms with Gasteiger partial charge in [-0.25, -0.2) is 0 Å². The van der Waals surface area contributed by atoms with Gasteiger partial charge >= 0.3 is 0 Å². The van der Waals surface area contributed by atoms with Crippen LogP contribution >= 0.6 is 11.3 Å². The fraction of sp³-hybridized carbons (Fsp3) is 0.467. The largest absolute Gasteiger partial charge is 0.393 e. The number of benzene rings is 1. The number of thiophene rings is 1. The maximum atomic E-state index is 10.1. The second kappa shape index (κ2) is 4.79. The van der Waals surface area contributed by atoms with Crippen molar-refractivity contribution in [1.82, 2.24) is 0 Å². The van der Waals surface area contributed by atoms with Crippen LogP contribution in [0.2, 0.25) is 0 Å². The standard InChI is InChI=1S/C15H20OS/c1-15(2,3)9-12(16)8-11-10-17-14-7-5-4-6-13(11)14/h4-7,10,12,16H,8-9H2,1-3H3. The zero-order valence-corrected chi connectivity index (χ0v) is 11.6. The highest BCUT2D eigenvalue weighted by atomic mass is 32.1. The van der Waals surface area contributed by atoms with E-state index in [2.05, 4.69) is 50.4 Å². The van der Waals surface area contributed by atoms with Gasteiger partial charge in [-0.15, -0.1) is 11.3 Å². The molecule has 0 saturated carbocycles. The lowest BCUT2D eigenvalue weighted by Crippen LogP contribution is -2.19. The van der Waals surface area contributed by atoms with Crippen molar-refractivity contribution in [1.29, 1.82) is 0 Å². The molecule has 0 aliphatic carbocycles. The van der Waals surface area contributed by atoms with Gasteiger partial charge < -0.3 is 5.11 Å². The number of aliphatic hydroxyl groups excluding tert-OH is 1. The monoisotopic (exact) mass is 248 g/mol. The van der Waals surface area contributed by atoms with Crippen molar-refractivity contribution in [2.24, 2.45) is 5.41 Å². The Bertz CT molecular complexity index is 493. The van der Waals surface area contributed by atoms with Crippen molar-refractivity contribution >= 4 is 21.4 Å². The molecule has 1 aromatic carbocycles. The van der Waals surface area contributed by atoms with Gasteiger partial charge in [0.2, 0.25) is 0 Å². The third-order valence-electron chi connectivity index (χ3n) is 2.86. The molecule has 2 heteroatoms. The van der Waals surface area contributed by atoms with Crippen molar-refractivity contribution in [2.75, 3.05) is 0 Å². The summed E-state index contributed by atoms with van der Waals surface area (Å²) in [6.45, 7) is 6.51. The third-order valence-corrected chi connectivity index (χ3v) is 3.88. The van der Waals surface area contributed by atoms with E-state index in [0.29, 0.717) is 0 Å². The van der Waals surface area contributed by atoms with E-state index in [1.54, 1.807) is 11.3 Å². The lowest BCUT2D eigenvalue weighted by molar-refractivity contribution is 0.122. The first-order valence-corrected chi connectivity index (χ1v) is 6.97. The number of rotatable bonds is 3. The summed E-state index contributed by atoms with van der Waals surface area (Å²) in [7, 11) is 0. The number of fused-ring (bicyclic) bond motifs is 1. The maximum Gasteiger partial charge on any atom is 0.0586 e. The van der Waals surface area contributed by atoms with Crippen molar-refractivity contribution in [3.05, 3.63) is 35.2 Å². The fourth-order valence-corrected chi connectivity index (χ4v) is 3.20. The summed E-state index contributed by atoms with van der Waals surface area (Å²) in [5.74, 6) is 0. The SMILES string of the molecule is CC(C)(C)CC(O)Cc1csc2ccccc12. The van der Waals surface area contributed by atoms with Gasteiger partial charge in [-0.2, -0.15) is 0 Å². The van der Waals surface area contributed by atoms with E-state index in [1.807, 2.05) is 0 Å². The van der Waals surface area contributed by atoms with Crippen LogP contribution in [0.4, 0.5) is 0 Å². The Morgan fingerprint density at radius 3 is 2.65 bits per heavy atom. The van der Waals surface area contributed by atoms with E-state index in [4.69, 9.17) is 0 Å². The first-order valence-electron chi connectivity index (χ1n) is 6.09. The molecule has 0 aliphatic heterocycles. The topological polar surface area (TPSA) is 20.2 Å². The highest BCUT2D eigenvalue weighted by Crippen LogP contribution is 2.29. The normalized spacial score (nSPS) is 14.1. The molecule has 0 saturated heterocycles. The molecule has 0 aliphatic rings. The van der Waals surface area contributed by atoms with Gasteiger partial charge in [0.1, 0.15) is 0 Å². The minimum atomic E-state index is -0.243. The molecule has 1 aromatic heterocycles. The number of hydrogen-bond donors (Lipinski definition) is 1. The van der Waals surface area contributed by atoms with Gasteiger partial charge in [-0.05, 0) is 40.7 Å². The summed E-state index contributed by atoms with van der Waals surface area (Å²) in [6.07, 6.45) is 1.37. The van der Waals surface area contributed by atoms with Crippen LogP contribution in [0.25, 0.3) is 10.1 Å².